The lowest BCUT2D eigenvalue weighted by atomic mass is 10.2. The second-order valence-corrected chi connectivity index (χ2v) is 5.19. The minimum absolute atomic E-state index is 0.358. The summed E-state index contributed by atoms with van der Waals surface area (Å²) in [6, 6.07) is 9.08. The fraction of sp³-hybridized carbons (Fsp3) is 0.182. The van der Waals surface area contributed by atoms with E-state index in [4.69, 9.17) is 39.5 Å². The van der Waals surface area contributed by atoms with Crippen LogP contribution < -0.4 is 0 Å². The molecule has 16 heavy (non-hydrogen) atoms. The minimum atomic E-state index is -2.07. The maximum Gasteiger partial charge on any atom is 0.363 e. The van der Waals surface area contributed by atoms with Gasteiger partial charge in [-0.1, -0.05) is 65.1 Å². The molecular formula is C11H9Cl3O2. The maximum absolute atomic E-state index is 11.3. The molecule has 1 aromatic rings. The number of carbonyl (C=O) groups is 1. The van der Waals surface area contributed by atoms with Gasteiger partial charge in [-0.3, -0.25) is 0 Å². The first-order valence-electron chi connectivity index (χ1n) is 4.46. The molecule has 5 heteroatoms. The van der Waals surface area contributed by atoms with Crippen LogP contribution in [0.25, 0.3) is 5.76 Å². The summed E-state index contributed by atoms with van der Waals surface area (Å²) >= 11 is 16.2. The topological polar surface area (TPSA) is 26.3 Å². The van der Waals surface area contributed by atoms with Crippen molar-refractivity contribution in [3.63, 3.8) is 0 Å². The molecule has 2 nitrogen and oxygen atoms in total. The SMILES string of the molecule is C/C=C(\OC(=O)C(Cl)(Cl)Cl)c1ccccc1. The van der Waals surface area contributed by atoms with Crippen molar-refractivity contribution in [2.75, 3.05) is 0 Å². The molecule has 0 N–H and O–H groups in total. The number of halogens is 3. The molecule has 0 saturated carbocycles. The first-order valence-corrected chi connectivity index (χ1v) is 5.59. The Morgan fingerprint density at radius 1 is 1.25 bits per heavy atom. The van der Waals surface area contributed by atoms with E-state index in [0.29, 0.717) is 5.76 Å². The number of rotatable bonds is 2. The van der Waals surface area contributed by atoms with Gasteiger partial charge in [-0.2, -0.15) is 0 Å². The lowest BCUT2D eigenvalue weighted by molar-refractivity contribution is -0.135. The first-order chi connectivity index (χ1) is 7.45. The molecule has 0 aromatic heterocycles. The standard InChI is InChI=1S/C11H9Cl3O2/c1-2-9(8-6-4-3-5-7-8)16-10(15)11(12,13)14/h2-7H,1H3/b9-2-. The summed E-state index contributed by atoms with van der Waals surface area (Å²) in [6.45, 7) is 1.73. The highest BCUT2D eigenvalue weighted by Gasteiger charge is 2.33. The van der Waals surface area contributed by atoms with Gasteiger partial charge < -0.3 is 4.74 Å². The number of carbonyl (C=O) groups excluding carboxylic acids is 1. The van der Waals surface area contributed by atoms with Gasteiger partial charge in [-0.15, -0.1) is 0 Å². The summed E-state index contributed by atoms with van der Waals surface area (Å²) in [5.41, 5.74) is 0.743. The predicted octanol–water partition coefficient (Wildman–Crippen LogP) is 3.96. The van der Waals surface area contributed by atoms with Crippen LogP contribution in [0.1, 0.15) is 12.5 Å². The van der Waals surface area contributed by atoms with E-state index in [9.17, 15) is 4.79 Å². The van der Waals surface area contributed by atoms with Crippen molar-refractivity contribution in [2.45, 2.75) is 10.7 Å². The molecule has 0 bridgehead atoms. The third kappa shape index (κ3) is 3.71. The quantitative estimate of drug-likeness (QED) is 0.465. The average Bonchev–Trinajstić information content (AvgIpc) is 2.25. The molecule has 0 radical (unpaired) electrons. The number of allylic oxidation sites excluding steroid dienone is 1. The largest absolute Gasteiger partial charge is 0.423 e. The van der Waals surface area contributed by atoms with E-state index in [0.717, 1.165) is 5.56 Å². The molecule has 0 unspecified atom stereocenters. The fourth-order valence-corrected chi connectivity index (χ4v) is 1.16. The van der Waals surface area contributed by atoms with Gasteiger partial charge in [0.1, 0.15) is 5.76 Å². The zero-order chi connectivity index (χ0) is 12.2. The number of esters is 1. The molecule has 0 heterocycles. The van der Waals surface area contributed by atoms with Gasteiger partial charge in [0, 0.05) is 5.56 Å². The number of benzene rings is 1. The second-order valence-electron chi connectivity index (χ2n) is 2.91. The molecule has 0 saturated heterocycles. The number of hydrogen-bond donors (Lipinski definition) is 0. The highest BCUT2D eigenvalue weighted by Crippen LogP contribution is 2.30. The smallest absolute Gasteiger partial charge is 0.363 e. The summed E-state index contributed by atoms with van der Waals surface area (Å²) in [7, 11) is 0. The van der Waals surface area contributed by atoms with Crippen molar-refractivity contribution < 1.29 is 9.53 Å². The Labute approximate surface area is 109 Å². The Bertz CT molecular complexity index is 393. The molecule has 1 aromatic carbocycles. The monoisotopic (exact) mass is 278 g/mol. The van der Waals surface area contributed by atoms with Crippen molar-refractivity contribution in [2.24, 2.45) is 0 Å². The third-order valence-corrected chi connectivity index (χ3v) is 2.22. The van der Waals surface area contributed by atoms with E-state index >= 15 is 0 Å². The Morgan fingerprint density at radius 3 is 2.25 bits per heavy atom. The summed E-state index contributed by atoms with van der Waals surface area (Å²) in [4.78, 5) is 11.3. The van der Waals surface area contributed by atoms with Crippen LogP contribution in [0.3, 0.4) is 0 Å². The number of alkyl halides is 3. The molecule has 0 spiro atoms. The fourth-order valence-electron chi connectivity index (χ4n) is 1.04. The second kappa shape index (κ2) is 5.58. The van der Waals surface area contributed by atoms with Gasteiger partial charge in [0.15, 0.2) is 0 Å². The molecule has 0 atom stereocenters. The summed E-state index contributed by atoms with van der Waals surface area (Å²) in [5, 5.41) is 0. The van der Waals surface area contributed by atoms with Gasteiger partial charge in [0.2, 0.25) is 0 Å². The van der Waals surface area contributed by atoms with Crippen molar-refractivity contribution in [3.8, 4) is 0 Å². The minimum Gasteiger partial charge on any atom is -0.423 e. The summed E-state index contributed by atoms with van der Waals surface area (Å²) in [5.74, 6) is -0.564. The van der Waals surface area contributed by atoms with E-state index < -0.39 is 9.76 Å². The highest BCUT2D eigenvalue weighted by molar-refractivity contribution is 6.75. The van der Waals surface area contributed by atoms with Crippen LogP contribution in [0.15, 0.2) is 36.4 Å². The molecule has 0 aliphatic rings. The van der Waals surface area contributed by atoms with Crippen molar-refractivity contribution in [1.29, 1.82) is 0 Å². The van der Waals surface area contributed by atoms with Crippen LogP contribution in [0, 0.1) is 0 Å². The zero-order valence-electron chi connectivity index (χ0n) is 8.41. The Morgan fingerprint density at radius 2 is 1.81 bits per heavy atom. The molecular weight excluding hydrogens is 270 g/mol. The Kier molecular flexibility index (Phi) is 4.66. The van der Waals surface area contributed by atoms with Crippen LogP contribution in [-0.4, -0.2) is 9.76 Å². The van der Waals surface area contributed by atoms with Crippen LogP contribution >= 0.6 is 34.8 Å². The van der Waals surface area contributed by atoms with Crippen LogP contribution in [0.4, 0.5) is 0 Å². The number of ether oxygens (including phenoxy) is 1. The van der Waals surface area contributed by atoms with E-state index in [1.165, 1.54) is 0 Å². The van der Waals surface area contributed by atoms with Gasteiger partial charge >= 0.3 is 5.97 Å². The van der Waals surface area contributed by atoms with Crippen molar-refractivity contribution in [3.05, 3.63) is 42.0 Å². The van der Waals surface area contributed by atoms with Crippen LogP contribution in [0.5, 0.6) is 0 Å². The van der Waals surface area contributed by atoms with Crippen molar-refractivity contribution in [1.82, 2.24) is 0 Å². The Balaban J connectivity index is 2.84. The van der Waals surface area contributed by atoms with E-state index in [1.807, 2.05) is 18.2 Å². The molecule has 86 valence electrons. The van der Waals surface area contributed by atoms with Gasteiger partial charge in [-0.05, 0) is 13.0 Å². The molecule has 0 aliphatic carbocycles. The lowest BCUT2D eigenvalue weighted by Crippen LogP contribution is -2.21. The van der Waals surface area contributed by atoms with Gasteiger partial charge in [0.25, 0.3) is 3.79 Å². The van der Waals surface area contributed by atoms with Gasteiger partial charge in [0.05, 0.1) is 0 Å². The Hall–Kier alpha value is -0.700. The van der Waals surface area contributed by atoms with E-state index in [-0.39, 0.29) is 0 Å². The highest BCUT2D eigenvalue weighted by atomic mass is 35.6. The summed E-state index contributed by atoms with van der Waals surface area (Å²) in [6.07, 6.45) is 1.63. The lowest BCUT2D eigenvalue weighted by Gasteiger charge is -2.12. The normalized spacial score (nSPS) is 12.4. The zero-order valence-corrected chi connectivity index (χ0v) is 10.7. The maximum atomic E-state index is 11.3. The molecule has 0 aliphatic heterocycles. The van der Waals surface area contributed by atoms with Crippen LogP contribution in [-0.2, 0) is 9.53 Å². The first kappa shape index (κ1) is 13.4. The molecule has 0 fully saturated rings. The molecule has 0 amide bonds. The van der Waals surface area contributed by atoms with E-state index in [1.54, 1.807) is 25.1 Å². The third-order valence-electron chi connectivity index (χ3n) is 1.75. The molecule has 1 rings (SSSR count). The van der Waals surface area contributed by atoms with Crippen molar-refractivity contribution >= 4 is 46.5 Å². The number of hydrogen-bond acceptors (Lipinski definition) is 2. The van der Waals surface area contributed by atoms with Gasteiger partial charge in [-0.25, -0.2) is 4.79 Å². The predicted molar refractivity (Wildman–Crippen MR) is 66.5 cm³/mol. The summed E-state index contributed by atoms with van der Waals surface area (Å²) < 4.78 is 2.91. The van der Waals surface area contributed by atoms with E-state index in [2.05, 4.69) is 0 Å². The van der Waals surface area contributed by atoms with Crippen LogP contribution in [0.2, 0.25) is 0 Å². The average molecular weight is 280 g/mol.